The number of hydrogen-bond acceptors (Lipinski definition) is 7. The summed E-state index contributed by atoms with van der Waals surface area (Å²) in [5.41, 5.74) is 1.22. The molecule has 0 spiro atoms. The smallest absolute Gasteiger partial charge is 0.475 e. The molecule has 0 radical (unpaired) electrons. The van der Waals surface area contributed by atoms with E-state index >= 15 is 0 Å². The minimum atomic E-state index is -5.08. The van der Waals surface area contributed by atoms with Gasteiger partial charge in [0.25, 0.3) is 0 Å². The molecule has 1 aromatic heterocycles. The first-order valence-electron chi connectivity index (χ1n) is 9.52. The lowest BCUT2D eigenvalue weighted by molar-refractivity contribution is -0.193. The van der Waals surface area contributed by atoms with Gasteiger partial charge in [0.05, 0.1) is 16.8 Å². The normalized spacial score (nSPS) is 23.6. The molecule has 2 aliphatic rings. The molecule has 2 saturated heterocycles. The number of aromatic nitrogens is 1. The first kappa shape index (κ1) is 29.1. The number of carboxylic acids is 2. The number of likely N-dealkylation sites (N-methyl/N-ethyl adjacent to an activating group) is 1. The van der Waals surface area contributed by atoms with Crippen LogP contribution in [0, 0.1) is 12.8 Å². The molecule has 2 aliphatic heterocycles. The molecule has 0 amide bonds. The third-order valence-corrected chi connectivity index (χ3v) is 5.88. The molecule has 0 saturated carbocycles. The zero-order chi connectivity index (χ0) is 25.6. The summed E-state index contributed by atoms with van der Waals surface area (Å²) in [5, 5.41) is 17.6. The fourth-order valence-electron chi connectivity index (χ4n) is 3.57. The molecule has 3 rings (SSSR count). The van der Waals surface area contributed by atoms with E-state index in [4.69, 9.17) is 24.5 Å². The second kappa shape index (κ2) is 11.9. The molecule has 3 heterocycles. The van der Waals surface area contributed by atoms with Crippen molar-refractivity contribution in [3.63, 3.8) is 0 Å². The number of aryl methyl sites for hydroxylation is 1. The van der Waals surface area contributed by atoms with Crippen molar-refractivity contribution in [3.05, 3.63) is 16.1 Å². The summed E-state index contributed by atoms with van der Waals surface area (Å²) < 4.78 is 69.2. The Morgan fingerprint density at radius 2 is 1.67 bits per heavy atom. The van der Waals surface area contributed by atoms with Crippen molar-refractivity contribution in [2.24, 2.45) is 5.92 Å². The van der Waals surface area contributed by atoms with E-state index in [1.54, 1.807) is 11.3 Å². The molecule has 190 valence electrons. The third kappa shape index (κ3) is 9.43. The van der Waals surface area contributed by atoms with Gasteiger partial charge in [-0.15, -0.1) is 11.3 Å². The maximum atomic E-state index is 10.6. The lowest BCUT2D eigenvalue weighted by Crippen LogP contribution is -2.49. The first-order valence-corrected chi connectivity index (χ1v) is 10.4. The summed E-state index contributed by atoms with van der Waals surface area (Å²) in [6.07, 6.45) is -8.57. The van der Waals surface area contributed by atoms with Gasteiger partial charge in [0, 0.05) is 50.6 Å². The number of hydrogen-bond donors (Lipinski definition) is 2. The van der Waals surface area contributed by atoms with Gasteiger partial charge in [0.15, 0.2) is 0 Å². The van der Waals surface area contributed by atoms with Gasteiger partial charge >= 0.3 is 24.3 Å². The van der Waals surface area contributed by atoms with Crippen molar-refractivity contribution in [1.29, 1.82) is 0 Å². The number of carbonyl (C=O) groups is 2. The SMILES string of the molecule is CO[C@@H]1CCN(C)[C@@H]2CN(Cc3csc(C)n3)C[C@@H]21.O=C(O)C(F)(F)F.O=C(O)C(F)(F)F. The van der Waals surface area contributed by atoms with Crippen molar-refractivity contribution in [2.75, 3.05) is 33.8 Å². The molecule has 8 nitrogen and oxygen atoms in total. The van der Waals surface area contributed by atoms with Gasteiger partial charge in [0.1, 0.15) is 0 Å². The molecule has 1 aromatic rings. The number of nitrogens with zero attached hydrogens (tertiary/aromatic N) is 3. The Hall–Kier alpha value is -1.97. The summed E-state index contributed by atoms with van der Waals surface area (Å²) in [6.45, 7) is 6.51. The molecule has 0 aromatic carbocycles. The average molecular weight is 509 g/mol. The van der Waals surface area contributed by atoms with E-state index < -0.39 is 24.3 Å². The second-order valence-corrected chi connectivity index (χ2v) is 8.49. The molecule has 0 unspecified atom stereocenters. The van der Waals surface area contributed by atoms with Gasteiger partial charge in [-0.2, -0.15) is 26.3 Å². The number of carboxylic acid groups (broad SMARTS) is 2. The number of piperidine rings is 1. The van der Waals surface area contributed by atoms with Gasteiger partial charge in [-0.3, -0.25) is 4.90 Å². The zero-order valence-electron chi connectivity index (χ0n) is 18.0. The van der Waals surface area contributed by atoms with Gasteiger partial charge in [0.2, 0.25) is 0 Å². The predicted octanol–water partition coefficient (Wildman–Crippen LogP) is 2.87. The van der Waals surface area contributed by atoms with Crippen LogP contribution in [0.4, 0.5) is 26.3 Å². The van der Waals surface area contributed by atoms with Crippen molar-refractivity contribution >= 4 is 23.3 Å². The van der Waals surface area contributed by atoms with Crippen LogP contribution in [0.2, 0.25) is 0 Å². The summed E-state index contributed by atoms with van der Waals surface area (Å²) in [5.74, 6) is -4.86. The fourth-order valence-corrected chi connectivity index (χ4v) is 4.17. The molecule has 15 heteroatoms. The quantitative estimate of drug-likeness (QED) is 0.600. The lowest BCUT2D eigenvalue weighted by Gasteiger charge is -2.38. The van der Waals surface area contributed by atoms with Gasteiger partial charge in [-0.1, -0.05) is 0 Å². The van der Waals surface area contributed by atoms with Crippen molar-refractivity contribution in [1.82, 2.24) is 14.8 Å². The number of methoxy groups -OCH3 is 1. The highest BCUT2D eigenvalue weighted by Gasteiger charge is 2.43. The summed E-state index contributed by atoms with van der Waals surface area (Å²) in [6, 6.07) is 0.651. The van der Waals surface area contributed by atoms with Crippen LogP contribution >= 0.6 is 11.3 Å². The van der Waals surface area contributed by atoms with Crippen LogP contribution in [0.1, 0.15) is 17.1 Å². The number of fused-ring (bicyclic) bond motifs is 1. The summed E-state index contributed by atoms with van der Waals surface area (Å²) >= 11 is 1.75. The van der Waals surface area contributed by atoms with Crippen molar-refractivity contribution in [2.45, 2.75) is 44.4 Å². The average Bonchev–Trinajstić information content (AvgIpc) is 3.28. The van der Waals surface area contributed by atoms with Crippen LogP contribution in [-0.4, -0.2) is 95.2 Å². The second-order valence-electron chi connectivity index (χ2n) is 7.43. The van der Waals surface area contributed by atoms with Crippen LogP contribution in [0.15, 0.2) is 5.38 Å². The number of halogens is 6. The maximum absolute atomic E-state index is 10.6. The largest absolute Gasteiger partial charge is 0.490 e. The molecular formula is C18H25F6N3O5S. The first-order chi connectivity index (χ1) is 15.1. The van der Waals surface area contributed by atoms with Gasteiger partial charge < -0.3 is 19.8 Å². The monoisotopic (exact) mass is 509 g/mol. The molecule has 3 atom stereocenters. The Bertz CT molecular complexity index is 764. The van der Waals surface area contributed by atoms with E-state index in [9.17, 15) is 26.3 Å². The molecule has 2 N–H and O–H groups in total. The Kier molecular flexibility index (Phi) is 10.5. The van der Waals surface area contributed by atoms with E-state index in [2.05, 4.69) is 34.1 Å². The van der Waals surface area contributed by atoms with E-state index in [0.29, 0.717) is 18.1 Å². The zero-order valence-corrected chi connectivity index (χ0v) is 18.8. The third-order valence-electron chi connectivity index (χ3n) is 5.06. The Balaban J connectivity index is 0.000000324. The number of rotatable bonds is 3. The fraction of sp³-hybridized carbons (Fsp3) is 0.722. The van der Waals surface area contributed by atoms with Crippen molar-refractivity contribution in [3.8, 4) is 0 Å². The van der Waals surface area contributed by atoms with Crippen LogP contribution < -0.4 is 0 Å². The van der Waals surface area contributed by atoms with Crippen LogP contribution in [0.5, 0.6) is 0 Å². The molecule has 33 heavy (non-hydrogen) atoms. The van der Waals surface area contributed by atoms with E-state index in [0.717, 1.165) is 32.6 Å². The number of thiazole rings is 1. The topological polar surface area (TPSA) is 103 Å². The number of aliphatic carboxylic acids is 2. The molecule has 0 aliphatic carbocycles. The molecule has 0 bridgehead atoms. The number of likely N-dealkylation sites (tertiary alicyclic amines) is 2. The Morgan fingerprint density at radius 3 is 2.06 bits per heavy atom. The molecular weight excluding hydrogens is 484 g/mol. The minimum absolute atomic E-state index is 0.434. The standard InChI is InChI=1S/C14H23N3OS.2C2HF3O2/c1-10-15-11(9-19-10)6-17-7-12-13(8-17)16(2)5-4-14(12)18-3;2*3-2(4,5)1(6)7/h9,12-14H,4-8H2,1-3H3;2*(H,6,7)/t12-,13+,14+;;/m0../s1. The highest BCUT2D eigenvalue weighted by Crippen LogP contribution is 2.32. The van der Waals surface area contributed by atoms with E-state index in [-0.39, 0.29) is 0 Å². The number of alkyl halides is 6. The predicted molar refractivity (Wildman–Crippen MR) is 105 cm³/mol. The highest BCUT2D eigenvalue weighted by molar-refractivity contribution is 7.09. The Morgan fingerprint density at radius 1 is 1.15 bits per heavy atom. The van der Waals surface area contributed by atoms with E-state index in [1.807, 2.05) is 7.11 Å². The van der Waals surface area contributed by atoms with Crippen molar-refractivity contribution < 1.29 is 50.9 Å². The van der Waals surface area contributed by atoms with E-state index in [1.165, 1.54) is 10.7 Å². The molecule has 2 fully saturated rings. The summed E-state index contributed by atoms with van der Waals surface area (Å²) in [4.78, 5) is 27.4. The number of ether oxygens (including phenoxy) is 1. The summed E-state index contributed by atoms with van der Waals surface area (Å²) in [7, 11) is 4.11. The van der Waals surface area contributed by atoms with Crippen LogP contribution in [0.3, 0.4) is 0 Å². The Labute approximate surface area is 189 Å². The van der Waals surface area contributed by atoms with Crippen LogP contribution in [0.25, 0.3) is 0 Å². The highest BCUT2D eigenvalue weighted by atomic mass is 32.1. The maximum Gasteiger partial charge on any atom is 0.490 e. The van der Waals surface area contributed by atoms with Gasteiger partial charge in [-0.05, 0) is 20.4 Å². The minimum Gasteiger partial charge on any atom is -0.475 e. The van der Waals surface area contributed by atoms with Crippen LogP contribution in [-0.2, 0) is 20.9 Å². The van der Waals surface area contributed by atoms with Gasteiger partial charge in [-0.25, -0.2) is 14.6 Å². The lowest BCUT2D eigenvalue weighted by atomic mass is 9.89.